The first-order valence-corrected chi connectivity index (χ1v) is 19.3. The van der Waals surface area contributed by atoms with Gasteiger partial charge < -0.3 is 20.1 Å². The van der Waals surface area contributed by atoms with Crippen molar-refractivity contribution in [3.63, 3.8) is 0 Å². The molecule has 2 heterocycles. The molecule has 0 unspecified atom stereocenters. The van der Waals surface area contributed by atoms with Crippen LogP contribution in [0.5, 0.6) is 0 Å². The monoisotopic (exact) mass is 760 g/mol. The minimum absolute atomic E-state index is 0.0110. The Morgan fingerprint density at radius 2 is 1.59 bits per heavy atom. The fourth-order valence-corrected chi connectivity index (χ4v) is 7.46. The molecule has 14 nitrogen and oxygen atoms in total. The maximum absolute atomic E-state index is 13.7. The number of hydrogen-bond donors (Lipinski definition) is 3. The number of amides is 2. The van der Waals surface area contributed by atoms with E-state index in [1.54, 1.807) is 58.9 Å². The van der Waals surface area contributed by atoms with E-state index in [4.69, 9.17) is 9.47 Å². The Morgan fingerprint density at radius 1 is 0.926 bits per heavy atom. The number of nitrogens with zero attached hydrogens (tertiary/aromatic N) is 3. The summed E-state index contributed by atoms with van der Waals surface area (Å²) in [5, 5.41) is 10.1. The first kappa shape index (κ1) is 40.0. The number of hydrogen-bond acceptors (Lipinski definition) is 10. The van der Waals surface area contributed by atoms with Crippen molar-refractivity contribution in [1.82, 2.24) is 30.0 Å². The summed E-state index contributed by atoms with van der Waals surface area (Å²) in [4.78, 5) is 56.9. The van der Waals surface area contributed by atoms with Gasteiger partial charge in [-0.15, -0.1) is 0 Å². The molecule has 54 heavy (non-hydrogen) atoms. The maximum Gasteiger partial charge on any atom is 0.338 e. The standard InChI is InChI=1S/C39H48N6O8S/c1-22(2)33(37(49)53-39(7,8)9)44-54(50,51)25-12-10-24(11-13-25)21-40-34(46)30-20-31(45-32(42-30)18-19-41-45)35(47)43-29-17-16-26-23(3)27(14-15-28(26)29)36(48)52-38(4,5)6/h10-15,18-20,22,29,33,44H,16-17,21H2,1-9H3,(H,40,46)(H,43,47)/t29-,33-/m0/s1. The minimum atomic E-state index is -4.08. The molecule has 0 saturated carbocycles. The number of carbonyl (C=O) groups excluding carboxylic acids is 4. The van der Waals surface area contributed by atoms with Crippen LogP contribution in [0.1, 0.15) is 121 Å². The molecule has 1 aliphatic rings. The first-order valence-electron chi connectivity index (χ1n) is 17.8. The van der Waals surface area contributed by atoms with Crippen LogP contribution in [0.2, 0.25) is 0 Å². The summed E-state index contributed by atoms with van der Waals surface area (Å²) in [5.74, 6) is -2.44. The van der Waals surface area contributed by atoms with E-state index < -0.39 is 51.0 Å². The van der Waals surface area contributed by atoms with Crippen LogP contribution in [0.3, 0.4) is 0 Å². The number of aromatic nitrogens is 3. The highest BCUT2D eigenvalue weighted by Crippen LogP contribution is 2.35. The second kappa shape index (κ2) is 15.3. The number of nitrogens with one attached hydrogen (secondary N) is 3. The lowest BCUT2D eigenvalue weighted by Crippen LogP contribution is -2.47. The van der Waals surface area contributed by atoms with Crippen molar-refractivity contribution in [2.24, 2.45) is 5.92 Å². The van der Waals surface area contributed by atoms with Crippen molar-refractivity contribution in [1.29, 1.82) is 0 Å². The number of fused-ring (bicyclic) bond motifs is 2. The Balaban J connectivity index is 1.26. The van der Waals surface area contributed by atoms with Crippen molar-refractivity contribution in [2.45, 2.75) is 110 Å². The fraction of sp³-hybridized carbons (Fsp3) is 0.436. The molecule has 0 fully saturated rings. The molecule has 3 N–H and O–H groups in total. The van der Waals surface area contributed by atoms with Gasteiger partial charge in [0.1, 0.15) is 28.6 Å². The van der Waals surface area contributed by atoms with Crippen LogP contribution < -0.4 is 15.4 Å². The van der Waals surface area contributed by atoms with E-state index in [1.165, 1.54) is 28.9 Å². The van der Waals surface area contributed by atoms with Crippen LogP contribution in [0, 0.1) is 12.8 Å². The van der Waals surface area contributed by atoms with Gasteiger partial charge in [-0.3, -0.25) is 14.4 Å². The van der Waals surface area contributed by atoms with Crippen molar-refractivity contribution in [3.05, 3.63) is 93.9 Å². The number of sulfonamides is 1. The van der Waals surface area contributed by atoms with Crippen LogP contribution >= 0.6 is 0 Å². The minimum Gasteiger partial charge on any atom is -0.459 e. The third-order valence-corrected chi connectivity index (χ3v) is 10.2. The lowest BCUT2D eigenvalue weighted by molar-refractivity contribution is -0.158. The van der Waals surface area contributed by atoms with E-state index in [-0.39, 0.29) is 34.8 Å². The van der Waals surface area contributed by atoms with Crippen molar-refractivity contribution in [2.75, 3.05) is 0 Å². The number of benzene rings is 2. The van der Waals surface area contributed by atoms with Gasteiger partial charge in [0.05, 0.1) is 22.7 Å². The van der Waals surface area contributed by atoms with Gasteiger partial charge in [-0.25, -0.2) is 22.7 Å². The van der Waals surface area contributed by atoms with Crippen LogP contribution in [-0.2, 0) is 37.3 Å². The number of carbonyl (C=O) groups is 4. The Kier molecular flexibility index (Phi) is 11.3. The van der Waals surface area contributed by atoms with E-state index in [9.17, 15) is 27.6 Å². The Hall–Kier alpha value is -5.15. The van der Waals surface area contributed by atoms with Crippen molar-refractivity contribution in [3.8, 4) is 0 Å². The van der Waals surface area contributed by atoms with E-state index >= 15 is 0 Å². The highest BCUT2D eigenvalue weighted by molar-refractivity contribution is 7.89. The van der Waals surface area contributed by atoms with Gasteiger partial charge in [-0.05, 0) is 108 Å². The highest BCUT2D eigenvalue weighted by atomic mass is 32.2. The molecule has 0 bridgehead atoms. The highest BCUT2D eigenvalue weighted by Gasteiger charge is 2.33. The van der Waals surface area contributed by atoms with E-state index in [0.29, 0.717) is 29.6 Å². The van der Waals surface area contributed by atoms with Crippen LogP contribution in [0.15, 0.2) is 59.6 Å². The predicted octanol–water partition coefficient (Wildman–Crippen LogP) is 4.98. The summed E-state index contributed by atoms with van der Waals surface area (Å²) >= 11 is 0. The quantitative estimate of drug-likeness (QED) is 0.176. The van der Waals surface area contributed by atoms with Gasteiger partial charge in [-0.1, -0.05) is 32.0 Å². The van der Waals surface area contributed by atoms with Crippen LogP contribution in [0.4, 0.5) is 0 Å². The number of esters is 2. The molecule has 0 saturated heterocycles. The molecule has 2 amide bonds. The molecule has 0 aliphatic heterocycles. The SMILES string of the molecule is Cc1c(C(=O)OC(C)(C)C)ccc2c1CC[C@@H]2NC(=O)c1cc(C(=O)NCc2ccc(S(=O)(=O)N[C@H](C(=O)OC(C)(C)C)C(C)C)cc2)nc2ccnn12. The zero-order valence-corrected chi connectivity index (χ0v) is 32.9. The summed E-state index contributed by atoms with van der Waals surface area (Å²) in [6, 6.07) is 11.0. The predicted molar refractivity (Wildman–Crippen MR) is 200 cm³/mol. The second-order valence-corrected chi connectivity index (χ2v) is 17.4. The summed E-state index contributed by atoms with van der Waals surface area (Å²) in [7, 11) is -4.08. The van der Waals surface area contributed by atoms with Gasteiger partial charge >= 0.3 is 11.9 Å². The Morgan fingerprint density at radius 3 is 2.22 bits per heavy atom. The third kappa shape index (κ3) is 9.31. The zero-order chi connectivity index (χ0) is 39.7. The Bertz CT molecular complexity index is 2200. The number of rotatable bonds is 11. The zero-order valence-electron chi connectivity index (χ0n) is 32.1. The van der Waals surface area contributed by atoms with Crippen molar-refractivity contribution >= 4 is 39.4 Å². The molecular formula is C39H48N6O8S. The molecule has 0 spiro atoms. The molecule has 5 rings (SSSR count). The van der Waals surface area contributed by atoms with E-state index in [0.717, 1.165) is 16.7 Å². The number of ether oxygens (including phenoxy) is 2. The lowest BCUT2D eigenvalue weighted by atomic mass is 9.97. The molecule has 4 aromatic rings. The second-order valence-electron chi connectivity index (χ2n) is 15.7. The molecule has 1 aliphatic carbocycles. The van der Waals surface area contributed by atoms with Gasteiger partial charge in [0.2, 0.25) is 10.0 Å². The molecule has 2 aromatic heterocycles. The largest absolute Gasteiger partial charge is 0.459 e. The fourth-order valence-electron chi connectivity index (χ4n) is 6.12. The van der Waals surface area contributed by atoms with Gasteiger partial charge in [-0.2, -0.15) is 9.82 Å². The van der Waals surface area contributed by atoms with E-state index in [1.807, 2.05) is 33.8 Å². The smallest absolute Gasteiger partial charge is 0.338 e. The average molecular weight is 761 g/mol. The topological polar surface area (TPSA) is 187 Å². The third-order valence-electron chi connectivity index (χ3n) is 8.74. The lowest BCUT2D eigenvalue weighted by Gasteiger charge is -2.26. The molecule has 15 heteroatoms. The molecule has 288 valence electrons. The maximum atomic E-state index is 13.7. The summed E-state index contributed by atoms with van der Waals surface area (Å²) in [6.07, 6.45) is 2.77. The Labute approximate surface area is 315 Å². The first-order chi connectivity index (χ1) is 25.1. The van der Waals surface area contributed by atoms with Gasteiger partial charge in [0.15, 0.2) is 5.65 Å². The van der Waals surface area contributed by atoms with Gasteiger partial charge in [0.25, 0.3) is 11.8 Å². The van der Waals surface area contributed by atoms with E-state index in [2.05, 4.69) is 25.4 Å². The molecule has 2 aromatic carbocycles. The summed E-state index contributed by atoms with van der Waals surface area (Å²) in [5.41, 5.74) is 2.80. The average Bonchev–Trinajstić information content (AvgIpc) is 3.72. The van der Waals surface area contributed by atoms with Crippen LogP contribution in [-0.4, -0.2) is 64.0 Å². The summed E-state index contributed by atoms with van der Waals surface area (Å²) < 4.78 is 41.1. The van der Waals surface area contributed by atoms with Crippen LogP contribution in [0.25, 0.3) is 5.65 Å². The molecule has 2 atom stereocenters. The molecule has 0 radical (unpaired) electrons. The summed E-state index contributed by atoms with van der Waals surface area (Å²) in [6.45, 7) is 15.9. The van der Waals surface area contributed by atoms with Crippen molar-refractivity contribution < 1.29 is 37.1 Å². The normalized spacial score (nSPS) is 15.1. The van der Waals surface area contributed by atoms with Gasteiger partial charge in [0, 0.05) is 18.7 Å². The molecular weight excluding hydrogens is 713 g/mol.